The van der Waals surface area contributed by atoms with Gasteiger partial charge in [-0.3, -0.25) is 9.88 Å². The van der Waals surface area contributed by atoms with Crippen molar-refractivity contribution in [3.05, 3.63) is 18.0 Å². The van der Waals surface area contributed by atoms with Gasteiger partial charge in [0.1, 0.15) is 5.69 Å². The first-order valence-corrected chi connectivity index (χ1v) is 6.86. The minimum atomic E-state index is -2.38. The van der Waals surface area contributed by atoms with Crippen molar-refractivity contribution in [2.24, 2.45) is 0 Å². The summed E-state index contributed by atoms with van der Waals surface area (Å²) in [7, 11) is 3.03. The molecule has 1 aromatic heterocycles. The van der Waals surface area contributed by atoms with Gasteiger partial charge in [-0.2, -0.15) is 0 Å². The lowest BCUT2D eigenvalue weighted by molar-refractivity contribution is 0.0870. The zero-order chi connectivity index (χ0) is 14.3. The number of nitrogens with zero attached hydrogens (tertiary/aromatic N) is 2. The Balaban J connectivity index is 2.88. The summed E-state index contributed by atoms with van der Waals surface area (Å²) in [4.78, 5) is 5.80. The third-order valence-electron chi connectivity index (χ3n) is 2.54. The van der Waals surface area contributed by atoms with Crippen molar-refractivity contribution < 1.29 is 18.3 Å². The standard InChI is InChI=1S/C12H17BrF2N2O2/c1-18-10-3-5-16-9(12(10)19-2)7-17(6-4-13)8-11(14)15/h3,5,11H,4,6-8H2,1-2H3. The van der Waals surface area contributed by atoms with Crippen LogP contribution in [0, 0.1) is 0 Å². The molecular weight excluding hydrogens is 322 g/mol. The molecule has 0 atom stereocenters. The molecule has 108 valence electrons. The van der Waals surface area contributed by atoms with Crippen molar-refractivity contribution in [2.75, 3.05) is 32.6 Å². The Labute approximate surface area is 119 Å². The first kappa shape index (κ1) is 16.1. The SMILES string of the molecule is COc1ccnc(CN(CCBr)CC(F)F)c1OC. The smallest absolute Gasteiger partial charge is 0.251 e. The maximum absolute atomic E-state index is 12.5. The van der Waals surface area contributed by atoms with Crippen LogP contribution in [0.1, 0.15) is 5.69 Å². The maximum Gasteiger partial charge on any atom is 0.251 e. The van der Waals surface area contributed by atoms with E-state index in [0.717, 1.165) is 0 Å². The van der Waals surface area contributed by atoms with Crippen molar-refractivity contribution in [3.8, 4) is 11.5 Å². The molecule has 7 heteroatoms. The van der Waals surface area contributed by atoms with Crippen LogP contribution < -0.4 is 9.47 Å². The Morgan fingerprint density at radius 3 is 2.63 bits per heavy atom. The summed E-state index contributed by atoms with van der Waals surface area (Å²) in [6.45, 7) is 0.496. The molecule has 0 aromatic carbocycles. The molecule has 0 saturated heterocycles. The molecule has 0 aliphatic heterocycles. The zero-order valence-corrected chi connectivity index (χ0v) is 12.5. The monoisotopic (exact) mass is 338 g/mol. The van der Waals surface area contributed by atoms with E-state index in [-0.39, 0.29) is 13.1 Å². The molecule has 0 fully saturated rings. The Morgan fingerprint density at radius 2 is 2.11 bits per heavy atom. The van der Waals surface area contributed by atoms with Crippen LogP contribution >= 0.6 is 15.9 Å². The summed E-state index contributed by atoms with van der Waals surface area (Å²) in [6.07, 6.45) is -0.804. The lowest BCUT2D eigenvalue weighted by Crippen LogP contribution is -2.30. The van der Waals surface area contributed by atoms with E-state index in [4.69, 9.17) is 9.47 Å². The number of halogens is 3. The second-order valence-electron chi connectivity index (χ2n) is 3.81. The molecule has 0 amide bonds. The van der Waals surface area contributed by atoms with Crippen LogP contribution in [0.25, 0.3) is 0 Å². The number of ether oxygens (including phenoxy) is 2. The Bertz CT molecular complexity index is 394. The molecule has 19 heavy (non-hydrogen) atoms. The summed E-state index contributed by atoms with van der Waals surface area (Å²) in [6, 6.07) is 1.67. The number of methoxy groups -OCH3 is 2. The van der Waals surface area contributed by atoms with Gasteiger partial charge in [-0.05, 0) is 0 Å². The number of hydrogen-bond acceptors (Lipinski definition) is 4. The molecule has 4 nitrogen and oxygen atoms in total. The van der Waals surface area contributed by atoms with Crippen molar-refractivity contribution >= 4 is 15.9 Å². The Morgan fingerprint density at radius 1 is 1.37 bits per heavy atom. The van der Waals surface area contributed by atoms with Gasteiger partial charge in [0, 0.05) is 30.7 Å². The third kappa shape index (κ3) is 4.91. The minimum absolute atomic E-state index is 0.288. The van der Waals surface area contributed by atoms with Gasteiger partial charge >= 0.3 is 0 Å². The average Bonchev–Trinajstić information content (AvgIpc) is 2.37. The number of rotatable bonds is 8. The highest BCUT2D eigenvalue weighted by Crippen LogP contribution is 2.29. The van der Waals surface area contributed by atoms with Crippen LogP contribution in [-0.4, -0.2) is 48.9 Å². The second kappa shape index (κ2) is 8.27. The lowest BCUT2D eigenvalue weighted by atomic mass is 10.2. The fourth-order valence-corrected chi connectivity index (χ4v) is 2.23. The van der Waals surface area contributed by atoms with Gasteiger partial charge in [0.15, 0.2) is 11.5 Å². The van der Waals surface area contributed by atoms with E-state index in [1.807, 2.05) is 0 Å². The normalized spacial score (nSPS) is 11.1. The van der Waals surface area contributed by atoms with E-state index in [1.165, 1.54) is 14.2 Å². The average molecular weight is 339 g/mol. The summed E-state index contributed by atoms with van der Waals surface area (Å²) in [5.41, 5.74) is 0.587. The van der Waals surface area contributed by atoms with E-state index >= 15 is 0 Å². The molecule has 0 aliphatic rings. The van der Waals surface area contributed by atoms with E-state index in [0.29, 0.717) is 29.1 Å². The molecule has 0 N–H and O–H groups in total. The Kier molecular flexibility index (Phi) is 7.01. The molecule has 0 spiro atoms. The largest absolute Gasteiger partial charge is 0.493 e. The highest BCUT2D eigenvalue weighted by molar-refractivity contribution is 9.09. The number of hydrogen-bond donors (Lipinski definition) is 0. The molecule has 1 aromatic rings. The molecule has 1 heterocycles. The zero-order valence-electron chi connectivity index (χ0n) is 10.9. The van der Waals surface area contributed by atoms with Crippen LogP contribution in [0.3, 0.4) is 0 Å². The summed E-state index contributed by atoms with van der Waals surface area (Å²) in [5.74, 6) is 1.03. The van der Waals surface area contributed by atoms with Crippen molar-refractivity contribution in [2.45, 2.75) is 13.0 Å². The van der Waals surface area contributed by atoms with Crippen molar-refractivity contribution in [1.29, 1.82) is 0 Å². The molecule has 1 rings (SSSR count). The first-order chi connectivity index (χ1) is 9.12. The lowest BCUT2D eigenvalue weighted by Gasteiger charge is -2.21. The summed E-state index contributed by atoms with van der Waals surface area (Å²) >= 11 is 3.25. The van der Waals surface area contributed by atoms with Crippen molar-refractivity contribution in [3.63, 3.8) is 0 Å². The molecular formula is C12H17BrF2N2O2. The maximum atomic E-state index is 12.5. The first-order valence-electron chi connectivity index (χ1n) is 5.74. The molecule has 0 saturated carbocycles. The van der Waals surface area contributed by atoms with Crippen LogP contribution in [-0.2, 0) is 6.54 Å². The van der Waals surface area contributed by atoms with Gasteiger partial charge < -0.3 is 9.47 Å². The van der Waals surface area contributed by atoms with Gasteiger partial charge in [-0.1, -0.05) is 15.9 Å². The minimum Gasteiger partial charge on any atom is -0.493 e. The number of pyridine rings is 1. The van der Waals surface area contributed by atoms with E-state index in [2.05, 4.69) is 20.9 Å². The predicted octanol–water partition coefficient (Wildman–Crippen LogP) is 2.56. The third-order valence-corrected chi connectivity index (χ3v) is 2.89. The van der Waals surface area contributed by atoms with E-state index in [1.54, 1.807) is 17.2 Å². The predicted molar refractivity (Wildman–Crippen MR) is 72.4 cm³/mol. The fourth-order valence-electron chi connectivity index (χ4n) is 1.72. The highest BCUT2D eigenvalue weighted by Gasteiger charge is 2.17. The van der Waals surface area contributed by atoms with Crippen LogP contribution in [0.2, 0.25) is 0 Å². The molecule has 0 unspecified atom stereocenters. The van der Waals surface area contributed by atoms with Crippen LogP contribution in [0.15, 0.2) is 12.3 Å². The number of aromatic nitrogens is 1. The Hall–Kier alpha value is -0.950. The number of alkyl halides is 3. The molecule has 0 radical (unpaired) electrons. The van der Waals surface area contributed by atoms with Gasteiger partial charge in [-0.15, -0.1) is 0 Å². The molecule has 0 bridgehead atoms. The van der Waals surface area contributed by atoms with Gasteiger partial charge in [0.05, 0.1) is 20.8 Å². The van der Waals surface area contributed by atoms with Crippen LogP contribution in [0.4, 0.5) is 8.78 Å². The van der Waals surface area contributed by atoms with E-state index < -0.39 is 6.43 Å². The van der Waals surface area contributed by atoms with Crippen molar-refractivity contribution in [1.82, 2.24) is 9.88 Å². The summed E-state index contributed by atoms with van der Waals surface area (Å²) < 4.78 is 35.4. The van der Waals surface area contributed by atoms with Gasteiger partial charge in [0.2, 0.25) is 0 Å². The fraction of sp³-hybridized carbons (Fsp3) is 0.583. The summed E-state index contributed by atoms with van der Waals surface area (Å²) in [5, 5.41) is 0.617. The van der Waals surface area contributed by atoms with Gasteiger partial charge in [0.25, 0.3) is 6.43 Å². The topological polar surface area (TPSA) is 34.6 Å². The van der Waals surface area contributed by atoms with Gasteiger partial charge in [-0.25, -0.2) is 8.78 Å². The quantitative estimate of drug-likeness (QED) is 0.682. The molecule has 0 aliphatic carbocycles. The van der Waals surface area contributed by atoms with E-state index in [9.17, 15) is 8.78 Å². The second-order valence-corrected chi connectivity index (χ2v) is 4.60. The highest BCUT2D eigenvalue weighted by atomic mass is 79.9. The van der Waals surface area contributed by atoms with Crippen LogP contribution in [0.5, 0.6) is 11.5 Å².